The molecule has 2 heterocycles. The van der Waals surface area contributed by atoms with Crippen LogP contribution in [0, 0.1) is 5.92 Å². The lowest BCUT2D eigenvalue weighted by atomic mass is 10.0. The van der Waals surface area contributed by atoms with Gasteiger partial charge in [0.15, 0.2) is 0 Å². The molecule has 1 aromatic carbocycles. The maximum absolute atomic E-state index is 13.3. The van der Waals surface area contributed by atoms with E-state index in [4.69, 9.17) is 4.74 Å². The molecule has 3 N–H and O–H groups in total. The molecular weight excluding hydrogens is 482 g/mol. The van der Waals surface area contributed by atoms with Crippen molar-refractivity contribution in [3.63, 3.8) is 0 Å². The second kappa shape index (κ2) is 12.0. The van der Waals surface area contributed by atoms with Gasteiger partial charge >= 0.3 is 12.0 Å². The Morgan fingerprint density at radius 2 is 1.89 bits per heavy atom. The normalized spacial score (nSPS) is 18.0. The molecule has 1 aliphatic rings. The number of amides is 4. The molecule has 3 rings (SSSR count). The highest BCUT2D eigenvalue weighted by Crippen LogP contribution is 2.23. The molecule has 194 valence electrons. The number of nitrogens with one attached hydrogen (secondary N) is 3. The fourth-order valence-corrected chi connectivity index (χ4v) is 4.63. The Balaban J connectivity index is 1.77. The number of ether oxygens (including phenoxy) is 1. The smallest absolute Gasteiger partial charge is 0.328 e. The van der Waals surface area contributed by atoms with Gasteiger partial charge in [-0.05, 0) is 48.9 Å². The van der Waals surface area contributed by atoms with Crippen molar-refractivity contribution in [2.45, 2.75) is 43.3 Å². The third-order valence-corrected chi connectivity index (χ3v) is 6.84. The van der Waals surface area contributed by atoms with Gasteiger partial charge in [0, 0.05) is 30.4 Å². The van der Waals surface area contributed by atoms with Gasteiger partial charge in [-0.25, -0.2) is 9.59 Å². The van der Waals surface area contributed by atoms with E-state index >= 15 is 0 Å². The van der Waals surface area contributed by atoms with Crippen molar-refractivity contribution in [2.75, 3.05) is 25.2 Å². The van der Waals surface area contributed by atoms with Crippen LogP contribution in [0.4, 0.5) is 10.5 Å². The van der Waals surface area contributed by atoms with E-state index in [1.165, 1.54) is 12.0 Å². The predicted octanol–water partition coefficient (Wildman–Crippen LogP) is 2.47. The van der Waals surface area contributed by atoms with Gasteiger partial charge < -0.3 is 30.2 Å². The Morgan fingerprint density at radius 3 is 2.50 bits per heavy atom. The largest absolute Gasteiger partial charge is 0.467 e. The molecule has 4 amide bonds. The highest BCUT2D eigenvalue weighted by atomic mass is 32.2. The Bertz CT molecular complexity index is 1120. The number of methoxy groups -OCH3 is 1. The summed E-state index contributed by atoms with van der Waals surface area (Å²) in [4.78, 5) is 54.0. The molecule has 0 saturated carbocycles. The van der Waals surface area contributed by atoms with Crippen molar-refractivity contribution in [1.82, 2.24) is 20.1 Å². The van der Waals surface area contributed by atoms with Crippen LogP contribution in [0.25, 0.3) is 0 Å². The van der Waals surface area contributed by atoms with Crippen molar-refractivity contribution in [1.29, 1.82) is 0 Å². The van der Waals surface area contributed by atoms with E-state index in [2.05, 4.69) is 16.0 Å². The molecule has 0 spiro atoms. The van der Waals surface area contributed by atoms with E-state index in [9.17, 15) is 19.2 Å². The van der Waals surface area contributed by atoms with Crippen LogP contribution < -0.4 is 16.0 Å². The summed E-state index contributed by atoms with van der Waals surface area (Å²) in [5.41, 5.74) is 1.06. The first kappa shape index (κ1) is 27.1. The molecule has 1 aromatic heterocycles. The number of urea groups is 1. The van der Waals surface area contributed by atoms with Gasteiger partial charge in [0.25, 0.3) is 5.91 Å². The Kier molecular flexibility index (Phi) is 9.03. The number of thioether (sulfide) groups is 1. The standard InChI is InChI=1S/C25H33N5O5S/c1-15(2)21(24(33)35-4)28-22(31)20-13-17(14-30(20)23(32)19-10-7-11-29(19)3)27-25(34)26-16-8-6-9-18(12-16)36-5/h6-12,15,17,20-21H,13-14H2,1-5H3,(H,28,31)(H2,26,27,34)/t17-,20+,21+/m0/s1. The van der Waals surface area contributed by atoms with Crippen molar-refractivity contribution in [2.24, 2.45) is 13.0 Å². The van der Waals surface area contributed by atoms with Gasteiger partial charge in [-0.3, -0.25) is 9.59 Å². The number of nitrogens with zero attached hydrogens (tertiary/aromatic N) is 2. The predicted molar refractivity (Wildman–Crippen MR) is 138 cm³/mol. The molecule has 0 aliphatic carbocycles. The van der Waals surface area contributed by atoms with Gasteiger partial charge in [-0.2, -0.15) is 0 Å². The Labute approximate surface area is 215 Å². The molecule has 2 aromatic rings. The van der Waals surface area contributed by atoms with Crippen LogP contribution >= 0.6 is 11.8 Å². The van der Waals surface area contributed by atoms with Crippen molar-refractivity contribution in [3.05, 3.63) is 48.3 Å². The van der Waals surface area contributed by atoms with E-state index in [-0.39, 0.29) is 24.8 Å². The Hall–Kier alpha value is -3.47. The zero-order valence-electron chi connectivity index (χ0n) is 21.1. The minimum Gasteiger partial charge on any atom is -0.467 e. The summed E-state index contributed by atoms with van der Waals surface area (Å²) in [5.74, 6) is -1.58. The van der Waals surface area contributed by atoms with Gasteiger partial charge in [-0.1, -0.05) is 19.9 Å². The molecule has 3 atom stereocenters. The molecule has 1 saturated heterocycles. The molecule has 0 unspecified atom stereocenters. The topological polar surface area (TPSA) is 122 Å². The summed E-state index contributed by atoms with van der Waals surface area (Å²) >= 11 is 1.56. The SMILES string of the molecule is COC(=O)[C@H](NC(=O)[C@H]1C[C@H](NC(=O)Nc2cccc(SC)c2)CN1C(=O)c1cccn1C)C(C)C. The number of carbonyl (C=O) groups excluding carboxylic acids is 4. The van der Waals surface area contributed by atoms with Crippen LogP contribution in [0.2, 0.25) is 0 Å². The summed E-state index contributed by atoms with van der Waals surface area (Å²) < 4.78 is 6.50. The zero-order chi connectivity index (χ0) is 26.4. The minimum atomic E-state index is -0.872. The van der Waals surface area contributed by atoms with E-state index in [1.807, 2.05) is 24.5 Å². The van der Waals surface area contributed by atoms with Gasteiger partial charge in [-0.15, -0.1) is 11.8 Å². The number of benzene rings is 1. The van der Waals surface area contributed by atoms with Crippen LogP contribution in [0.5, 0.6) is 0 Å². The van der Waals surface area contributed by atoms with E-state index < -0.39 is 36.0 Å². The fourth-order valence-electron chi connectivity index (χ4n) is 4.17. The highest BCUT2D eigenvalue weighted by molar-refractivity contribution is 7.98. The third kappa shape index (κ3) is 6.39. The lowest BCUT2D eigenvalue weighted by Crippen LogP contribution is -2.52. The second-order valence-electron chi connectivity index (χ2n) is 8.99. The van der Waals surface area contributed by atoms with Crippen LogP contribution in [0.15, 0.2) is 47.5 Å². The Morgan fingerprint density at radius 1 is 1.14 bits per heavy atom. The van der Waals surface area contributed by atoms with Gasteiger partial charge in [0.2, 0.25) is 5.91 Å². The molecule has 0 bridgehead atoms. The van der Waals surface area contributed by atoms with Crippen molar-refractivity contribution >= 4 is 41.3 Å². The molecule has 10 nitrogen and oxygen atoms in total. The summed E-state index contributed by atoms with van der Waals surface area (Å²) in [7, 11) is 3.01. The number of anilines is 1. The van der Waals surface area contributed by atoms with E-state index in [0.29, 0.717) is 11.4 Å². The monoisotopic (exact) mass is 515 g/mol. The molecule has 36 heavy (non-hydrogen) atoms. The summed E-state index contributed by atoms with van der Waals surface area (Å²) in [6, 6.07) is 8.24. The zero-order valence-corrected chi connectivity index (χ0v) is 21.9. The second-order valence-corrected chi connectivity index (χ2v) is 9.87. The summed E-state index contributed by atoms with van der Waals surface area (Å²) in [5, 5.41) is 8.42. The van der Waals surface area contributed by atoms with E-state index in [0.717, 1.165) is 4.90 Å². The van der Waals surface area contributed by atoms with Crippen LogP contribution in [-0.4, -0.2) is 71.3 Å². The molecule has 1 fully saturated rings. The lowest BCUT2D eigenvalue weighted by Gasteiger charge is -2.27. The van der Waals surface area contributed by atoms with Gasteiger partial charge in [0.05, 0.1) is 13.2 Å². The first-order valence-electron chi connectivity index (χ1n) is 11.7. The molecule has 0 radical (unpaired) electrons. The fraction of sp³-hybridized carbons (Fsp3) is 0.440. The van der Waals surface area contributed by atoms with Crippen molar-refractivity contribution in [3.8, 4) is 0 Å². The highest BCUT2D eigenvalue weighted by Gasteiger charge is 2.42. The number of esters is 1. The van der Waals surface area contributed by atoms with E-state index in [1.54, 1.807) is 61.6 Å². The first-order valence-corrected chi connectivity index (χ1v) is 12.9. The number of aryl methyl sites for hydroxylation is 1. The third-order valence-electron chi connectivity index (χ3n) is 6.11. The average Bonchev–Trinajstić information content (AvgIpc) is 3.47. The quantitative estimate of drug-likeness (QED) is 0.367. The average molecular weight is 516 g/mol. The lowest BCUT2D eigenvalue weighted by molar-refractivity contribution is -0.146. The number of aromatic nitrogens is 1. The number of carbonyl (C=O) groups is 4. The maximum atomic E-state index is 13.3. The molecular formula is C25H33N5O5S. The molecule has 11 heteroatoms. The maximum Gasteiger partial charge on any atom is 0.328 e. The number of hydrogen-bond acceptors (Lipinski definition) is 6. The number of hydrogen-bond donors (Lipinski definition) is 3. The minimum absolute atomic E-state index is 0.144. The summed E-state index contributed by atoms with van der Waals surface area (Å²) in [6.07, 6.45) is 3.90. The van der Waals surface area contributed by atoms with Crippen LogP contribution in [0.1, 0.15) is 30.8 Å². The van der Waals surface area contributed by atoms with Crippen molar-refractivity contribution < 1.29 is 23.9 Å². The first-order chi connectivity index (χ1) is 17.1. The number of likely N-dealkylation sites (tertiary alicyclic amines) is 1. The molecule has 1 aliphatic heterocycles. The summed E-state index contributed by atoms with van der Waals surface area (Å²) in [6.45, 7) is 3.74. The van der Waals surface area contributed by atoms with Gasteiger partial charge in [0.1, 0.15) is 17.8 Å². The van der Waals surface area contributed by atoms with Crippen LogP contribution in [0.3, 0.4) is 0 Å². The number of rotatable bonds is 8. The van der Waals surface area contributed by atoms with Crippen LogP contribution in [-0.2, 0) is 21.4 Å².